The molecule has 0 aliphatic rings. The molecule has 0 fully saturated rings. The van der Waals surface area contributed by atoms with Crippen molar-refractivity contribution in [2.75, 3.05) is 0 Å². The van der Waals surface area contributed by atoms with Crippen molar-refractivity contribution < 1.29 is 14.7 Å². The Morgan fingerprint density at radius 3 is 1.50 bits per heavy atom. The van der Waals surface area contributed by atoms with Gasteiger partial charge in [0.15, 0.2) is 0 Å². The molecule has 3 nitrogen and oxygen atoms in total. The minimum atomic E-state index is -1.38. The van der Waals surface area contributed by atoms with E-state index in [4.69, 9.17) is 5.11 Å². The molecule has 0 aromatic rings. The Morgan fingerprint density at radius 1 is 1.38 bits per heavy atom. The average Bonchev–Trinajstić information content (AvgIpc) is 1.36. The van der Waals surface area contributed by atoms with Crippen LogP contribution in [0.2, 0.25) is 0 Å². The predicted octanol–water partition coefficient (Wildman–Crippen LogP) is -1.90. The van der Waals surface area contributed by atoms with Crippen LogP contribution in [-0.4, -0.2) is 84.2 Å². The fourth-order valence-corrected chi connectivity index (χ4v) is 0. The first-order valence-electron chi connectivity index (χ1n) is 1.38. The second kappa shape index (κ2) is 8.40. The van der Waals surface area contributed by atoms with Crippen LogP contribution in [0, 0.1) is 0 Å². The summed E-state index contributed by atoms with van der Waals surface area (Å²) in [6.07, 6.45) is 0. The van der Waals surface area contributed by atoms with Crippen molar-refractivity contribution in [1.29, 1.82) is 0 Å². The van der Waals surface area contributed by atoms with Crippen LogP contribution in [-0.2, 0) is 9.59 Å². The number of hydrogen-bond donors (Lipinski definition) is 1. The molecule has 0 radical (unpaired) electrons. The zero-order valence-electron chi connectivity index (χ0n) is 3.26. The molecule has 0 aliphatic carbocycles. The minimum absolute atomic E-state index is 0. The van der Waals surface area contributed by atoms with Gasteiger partial charge in [0.05, 0.1) is 0 Å². The van der Waals surface area contributed by atoms with Gasteiger partial charge in [0, 0.05) is 6.92 Å². The van der Waals surface area contributed by atoms with Crippen LogP contribution in [0.3, 0.4) is 0 Å². The maximum absolute atomic E-state index is 9.54. The molecule has 5 heteroatoms. The summed E-state index contributed by atoms with van der Waals surface area (Å²) in [6.45, 7) is 1.00. The molecule has 0 spiro atoms. The molecule has 0 saturated heterocycles. The van der Waals surface area contributed by atoms with Crippen molar-refractivity contribution in [3.8, 4) is 0 Å². The van der Waals surface area contributed by atoms with E-state index in [1.54, 1.807) is 0 Å². The molecule has 8 heavy (non-hydrogen) atoms. The van der Waals surface area contributed by atoms with E-state index < -0.39 is 11.8 Å². The van der Waals surface area contributed by atoms with Gasteiger partial charge in [-0.3, -0.25) is 4.79 Å². The number of carbonyl (C=O) groups excluding carboxylic acids is 1. The molecule has 0 bridgehead atoms. The van der Waals surface area contributed by atoms with Gasteiger partial charge in [-0.05, 0) is 0 Å². The SMILES string of the molecule is CC(=O)C(=O)O.[CaH2].[NaH]. The Bertz CT molecular complexity index is 80.5. The third-order valence-corrected chi connectivity index (χ3v) is 0.301. The van der Waals surface area contributed by atoms with Gasteiger partial charge in [0.25, 0.3) is 0 Å². The predicted molar refractivity (Wildman–Crippen MR) is 34.0 cm³/mol. The van der Waals surface area contributed by atoms with Gasteiger partial charge in [-0.2, -0.15) is 0 Å². The fraction of sp³-hybridized carbons (Fsp3) is 0.333. The second-order valence-electron chi connectivity index (χ2n) is 0.861. The fourth-order valence-electron chi connectivity index (χ4n) is 0. The second-order valence-corrected chi connectivity index (χ2v) is 0.861. The van der Waals surface area contributed by atoms with Gasteiger partial charge in [-0.15, -0.1) is 0 Å². The van der Waals surface area contributed by atoms with E-state index in [0.717, 1.165) is 6.92 Å². The van der Waals surface area contributed by atoms with Crippen molar-refractivity contribution in [3.63, 3.8) is 0 Å². The van der Waals surface area contributed by atoms with Crippen molar-refractivity contribution in [2.24, 2.45) is 0 Å². The van der Waals surface area contributed by atoms with Crippen LogP contribution in [0.5, 0.6) is 0 Å². The molecule has 1 N–H and O–H groups in total. The number of Topliss-reactive ketones (excluding diaryl/α,β-unsaturated/α-hetero) is 1. The maximum atomic E-state index is 9.54. The number of hydrogen-bond acceptors (Lipinski definition) is 2. The molecule has 0 atom stereocenters. The van der Waals surface area contributed by atoms with Gasteiger partial charge in [0.2, 0.25) is 5.78 Å². The summed E-state index contributed by atoms with van der Waals surface area (Å²) in [5.41, 5.74) is 0. The monoisotopic (exact) mass is 154 g/mol. The van der Waals surface area contributed by atoms with E-state index in [1.807, 2.05) is 0 Å². The third-order valence-electron chi connectivity index (χ3n) is 0.301. The zero-order valence-corrected chi connectivity index (χ0v) is 3.26. The van der Waals surface area contributed by atoms with Gasteiger partial charge in [-0.25, -0.2) is 4.79 Å². The molecule has 0 aromatic carbocycles. The molecule has 0 aromatic heterocycles. The summed E-state index contributed by atoms with van der Waals surface area (Å²) < 4.78 is 0. The molecular weight excluding hydrogens is 147 g/mol. The van der Waals surface area contributed by atoms with E-state index in [2.05, 4.69) is 0 Å². The summed E-state index contributed by atoms with van der Waals surface area (Å²) in [5.74, 6) is -2.20. The number of ketones is 1. The Balaban J connectivity index is -0.000000125. The summed E-state index contributed by atoms with van der Waals surface area (Å²) >= 11 is 0. The van der Waals surface area contributed by atoms with Crippen LogP contribution in [0.15, 0.2) is 0 Å². The van der Waals surface area contributed by atoms with Crippen LogP contribution in [0.1, 0.15) is 6.92 Å². The van der Waals surface area contributed by atoms with Crippen molar-refractivity contribution in [3.05, 3.63) is 0 Å². The standard InChI is InChI=1S/C3H4O3.Ca.Na.3H/c1-2(4)3(5)6;;;;;/h1H3,(H,5,6);;;;;. The Hall–Kier alpha value is 1.40. The van der Waals surface area contributed by atoms with Crippen LogP contribution in [0.4, 0.5) is 0 Å². The first kappa shape index (κ1) is 16.2. The summed E-state index contributed by atoms with van der Waals surface area (Å²) in [5, 5.41) is 7.64. The molecular formula is C3H7CaNaO3. The Morgan fingerprint density at radius 2 is 1.50 bits per heavy atom. The Labute approximate surface area is 99.1 Å². The number of carboxylic acids is 1. The van der Waals surface area contributed by atoms with Gasteiger partial charge < -0.3 is 5.11 Å². The van der Waals surface area contributed by atoms with E-state index >= 15 is 0 Å². The molecule has 0 saturated carbocycles. The average molecular weight is 154 g/mol. The number of aliphatic carboxylic acids is 1. The summed E-state index contributed by atoms with van der Waals surface area (Å²) in [7, 11) is 0. The molecule has 0 amide bonds. The molecule has 40 valence electrons. The molecule has 0 heterocycles. The first-order valence-corrected chi connectivity index (χ1v) is 1.38. The van der Waals surface area contributed by atoms with Crippen LogP contribution >= 0.6 is 0 Å². The normalized spacial score (nSPS) is 5.62. The zero-order chi connectivity index (χ0) is 5.15. The summed E-state index contributed by atoms with van der Waals surface area (Å²) in [6, 6.07) is 0. The quantitative estimate of drug-likeness (QED) is 0.354. The van der Waals surface area contributed by atoms with E-state index in [0.29, 0.717) is 0 Å². The van der Waals surface area contributed by atoms with Crippen LogP contribution < -0.4 is 0 Å². The molecule has 0 unspecified atom stereocenters. The van der Waals surface area contributed by atoms with Crippen molar-refractivity contribution >= 4 is 79.0 Å². The van der Waals surface area contributed by atoms with Gasteiger partial charge >= 0.3 is 73.3 Å². The number of carboxylic acid groups (broad SMARTS) is 1. The first-order chi connectivity index (χ1) is 2.64. The van der Waals surface area contributed by atoms with E-state index in [-0.39, 0.29) is 67.3 Å². The summed E-state index contributed by atoms with van der Waals surface area (Å²) in [4.78, 5) is 18.9. The third kappa shape index (κ3) is 10.4. The molecule has 0 aliphatic heterocycles. The number of carbonyl (C=O) groups is 2. The Kier molecular flexibility index (Phi) is 17.0. The van der Waals surface area contributed by atoms with Gasteiger partial charge in [-0.1, -0.05) is 0 Å². The topological polar surface area (TPSA) is 54.4 Å². The number of rotatable bonds is 1. The molecule has 0 rings (SSSR count). The van der Waals surface area contributed by atoms with Crippen molar-refractivity contribution in [1.82, 2.24) is 0 Å². The van der Waals surface area contributed by atoms with E-state index in [9.17, 15) is 9.59 Å². The van der Waals surface area contributed by atoms with Crippen LogP contribution in [0.25, 0.3) is 0 Å². The van der Waals surface area contributed by atoms with Crippen molar-refractivity contribution in [2.45, 2.75) is 6.92 Å². The van der Waals surface area contributed by atoms with Gasteiger partial charge in [0.1, 0.15) is 0 Å². The van der Waals surface area contributed by atoms with E-state index in [1.165, 1.54) is 0 Å².